The van der Waals surface area contributed by atoms with Gasteiger partial charge in [-0.15, -0.1) is 15.3 Å². The summed E-state index contributed by atoms with van der Waals surface area (Å²) in [4.78, 5) is 14.5. The molecule has 12 heteroatoms. The van der Waals surface area contributed by atoms with Crippen LogP contribution in [0.5, 0.6) is 0 Å². The molecule has 1 saturated heterocycles. The van der Waals surface area contributed by atoms with Gasteiger partial charge in [0.1, 0.15) is 6.33 Å². The lowest BCUT2D eigenvalue weighted by molar-refractivity contribution is -0.157. The second-order valence-corrected chi connectivity index (χ2v) is 6.34. The predicted octanol–water partition coefficient (Wildman–Crippen LogP) is 2.08. The van der Waals surface area contributed by atoms with Gasteiger partial charge in [0.15, 0.2) is 0 Å². The van der Waals surface area contributed by atoms with Gasteiger partial charge in [-0.2, -0.15) is 13.2 Å². The number of benzene rings is 1. The van der Waals surface area contributed by atoms with Gasteiger partial charge < -0.3 is 9.32 Å². The first-order chi connectivity index (χ1) is 13.4. The smallest absolute Gasteiger partial charge is 0.417 e. The van der Waals surface area contributed by atoms with E-state index in [9.17, 15) is 18.0 Å². The van der Waals surface area contributed by atoms with E-state index in [0.29, 0.717) is 30.6 Å². The standard InChI is InChI=1S/C16H14F3N7O2/c17-16(18,19)15-22-21-13(28-15)11-4-2-6-25(8-11)14(27)10-3-1-5-12(7-10)26-9-20-23-24-26/h1,3,5,7,9,11H,2,4,6,8H2. The molecular formula is C16H14F3N7O2. The van der Waals surface area contributed by atoms with Crippen molar-refractivity contribution in [3.05, 3.63) is 47.9 Å². The van der Waals surface area contributed by atoms with Gasteiger partial charge in [0.2, 0.25) is 5.89 Å². The maximum Gasteiger partial charge on any atom is 0.470 e. The Morgan fingerprint density at radius 3 is 2.82 bits per heavy atom. The first-order valence-corrected chi connectivity index (χ1v) is 8.45. The van der Waals surface area contributed by atoms with E-state index in [4.69, 9.17) is 4.42 Å². The molecule has 1 unspecified atom stereocenters. The van der Waals surface area contributed by atoms with Crippen molar-refractivity contribution >= 4 is 5.91 Å². The first kappa shape index (κ1) is 18.1. The minimum Gasteiger partial charge on any atom is -0.417 e. The summed E-state index contributed by atoms with van der Waals surface area (Å²) in [5.41, 5.74) is 1.05. The Bertz CT molecular complexity index is 971. The van der Waals surface area contributed by atoms with Crippen LogP contribution in [-0.4, -0.2) is 54.3 Å². The van der Waals surface area contributed by atoms with Crippen molar-refractivity contribution in [1.82, 2.24) is 35.3 Å². The van der Waals surface area contributed by atoms with E-state index in [2.05, 4.69) is 25.7 Å². The number of hydrogen-bond donors (Lipinski definition) is 0. The lowest BCUT2D eigenvalue weighted by atomic mass is 9.97. The van der Waals surface area contributed by atoms with E-state index < -0.39 is 18.0 Å². The summed E-state index contributed by atoms with van der Waals surface area (Å²) < 4.78 is 44.2. The molecule has 1 aromatic carbocycles. The number of carbonyl (C=O) groups excluding carboxylic acids is 1. The average molecular weight is 393 g/mol. The fourth-order valence-electron chi connectivity index (χ4n) is 3.12. The number of rotatable bonds is 3. The van der Waals surface area contributed by atoms with Crippen molar-refractivity contribution in [3.8, 4) is 5.69 Å². The number of likely N-dealkylation sites (tertiary alicyclic amines) is 1. The van der Waals surface area contributed by atoms with Crippen molar-refractivity contribution in [1.29, 1.82) is 0 Å². The highest BCUT2D eigenvalue weighted by Gasteiger charge is 2.39. The van der Waals surface area contributed by atoms with E-state index in [1.54, 1.807) is 29.2 Å². The monoisotopic (exact) mass is 393 g/mol. The molecule has 1 atom stereocenters. The van der Waals surface area contributed by atoms with E-state index in [-0.39, 0.29) is 18.3 Å². The molecule has 0 saturated carbocycles. The summed E-state index contributed by atoms with van der Waals surface area (Å²) in [6, 6.07) is 6.77. The summed E-state index contributed by atoms with van der Waals surface area (Å²) in [7, 11) is 0. The number of alkyl halides is 3. The van der Waals surface area contributed by atoms with Crippen LogP contribution in [0, 0.1) is 0 Å². The molecule has 28 heavy (non-hydrogen) atoms. The van der Waals surface area contributed by atoms with Crippen LogP contribution in [-0.2, 0) is 6.18 Å². The molecule has 3 heterocycles. The van der Waals surface area contributed by atoms with Gasteiger partial charge in [-0.1, -0.05) is 6.07 Å². The van der Waals surface area contributed by atoms with Gasteiger partial charge in [-0.05, 0) is 41.5 Å². The summed E-state index contributed by atoms with van der Waals surface area (Å²) in [5.74, 6) is -2.16. The fraction of sp³-hybridized carbons (Fsp3) is 0.375. The number of hydrogen-bond acceptors (Lipinski definition) is 7. The molecule has 1 aliphatic heterocycles. The first-order valence-electron chi connectivity index (χ1n) is 8.45. The lowest BCUT2D eigenvalue weighted by Gasteiger charge is -2.31. The molecule has 0 aliphatic carbocycles. The molecule has 0 radical (unpaired) electrons. The van der Waals surface area contributed by atoms with E-state index >= 15 is 0 Å². The number of halogens is 3. The maximum atomic E-state index is 12.9. The zero-order valence-corrected chi connectivity index (χ0v) is 14.4. The molecule has 0 bridgehead atoms. The summed E-state index contributed by atoms with van der Waals surface area (Å²) in [6.45, 7) is 0.693. The molecule has 1 amide bonds. The number of carbonyl (C=O) groups is 1. The highest BCUT2D eigenvalue weighted by molar-refractivity contribution is 5.94. The molecule has 2 aromatic heterocycles. The Morgan fingerprint density at radius 1 is 1.25 bits per heavy atom. The van der Waals surface area contributed by atoms with E-state index in [0.717, 1.165) is 0 Å². The molecule has 3 aromatic rings. The number of nitrogens with zero attached hydrogens (tertiary/aromatic N) is 7. The molecule has 4 rings (SSSR count). The Labute approximate surface area is 156 Å². The minimum atomic E-state index is -4.69. The van der Waals surface area contributed by atoms with Crippen LogP contribution in [0.3, 0.4) is 0 Å². The maximum absolute atomic E-state index is 12.9. The second kappa shape index (κ2) is 7.02. The van der Waals surface area contributed by atoms with Crippen LogP contribution in [0.4, 0.5) is 13.2 Å². The zero-order valence-electron chi connectivity index (χ0n) is 14.4. The molecule has 0 spiro atoms. The molecule has 0 N–H and O–H groups in total. The summed E-state index contributed by atoms with van der Waals surface area (Å²) >= 11 is 0. The van der Waals surface area contributed by atoms with Crippen molar-refractivity contribution in [2.75, 3.05) is 13.1 Å². The number of piperidine rings is 1. The predicted molar refractivity (Wildman–Crippen MR) is 86.3 cm³/mol. The van der Waals surface area contributed by atoms with Crippen molar-refractivity contribution in [2.45, 2.75) is 24.9 Å². The minimum absolute atomic E-state index is 0.104. The second-order valence-electron chi connectivity index (χ2n) is 6.34. The Kier molecular flexibility index (Phi) is 4.53. The average Bonchev–Trinajstić information content (AvgIpc) is 3.39. The van der Waals surface area contributed by atoms with Crippen LogP contribution in [0.1, 0.15) is 40.9 Å². The molecule has 1 aliphatic rings. The van der Waals surface area contributed by atoms with Crippen molar-refractivity contribution < 1.29 is 22.4 Å². The van der Waals surface area contributed by atoms with E-state index in [1.807, 2.05) is 0 Å². The normalized spacial score (nSPS) is 17.7. The number of tetrazole rings is 1. The third kappa shape index (κ3) is 3.57. The van der Waals surface area contributed by atoms with Gasteiger partial charge in [0, 0.05) is 18.7 Å². The van der Waals surface area contributed by atoms with Gasteiger partial charge in [0.05, 0.1) is 11.6 Å². The van der Waals surface area contributed by atoms with Gasteiger partial charge in [-0.3, -0.25) is 4.79 Å². The fourth-order valence-corrected chi connectivity index (χ4v) is 3.12. The Balaban J connectivity index is 1.51. The van der Waals surface area contributed by atoms with Crippen molar-refractivity contribution in [3.63, 3.8) is 0 Å². The highest BCUT2D eigenvalue weighted by Crippen LogP contribution is 2.32. The number of aromatic nitrogens is 6. The molecule has 146 valence electrons. The largest absolute Gasteiger partial charge is 0.470 e. The van der Waals surface area contributed by atoms with Gasteiger partial charge in [0.25, 0.3) is 5.91 Å². The van der Waals surface area contributed by atoms with Crippen LogP contribution in [0.25, 0.3) is 5.69 Å². The van der Waals surface area contributed by atoms with Crippen molar-refractivity contribution in [2.24, 2.45) is 0 Å². The van der Waals surface area contributed by atoms with E-state index in [1.165, 1.54) is 11.0 Å². The molecule has 9 nitrogen and oxygen atoms in total. The lowest BCUT2D eigenvalue weighted by Crippen LogP contribution is -2.39. The molecular weight excluding hydrogens is 379 g/mol. The van der Waals surface area contributed by atoms with Gasteiger partial charge >= 0.3 is 12.1 Å². The van der Waals surface area contributed by atoms with Crippen LogP contribution in [0.2, 0.25) is 0 Å². The Morgan fingerprint density at radius 2 is 2.11 bits per heavy atom. The SMILES string of the molecule is O=C(c1cccc(-n2cnnn2)c1)N1CCCC(c2nnc(C(F)(F)F)o2)C1. The van der Waals surface area contributed by atoms with Crippen LogP contribution in [0.15, 0.2) is 35.0 Å². The third-order valence-corrected chi connectivity index (χ3v) is 4.45. The third-order valence-electron chi connectivity index (χ3n) is 4.45. The van der Waals surface area contributed by atoms with Gasteiger partial charge in [-0.25, -0.2) is 4.68 Å². The molecule has 1 fully saturated rings. The highest BCUT2D eigenvalue weighted by atomic mass is 19.4. The number of amides is 1. The topological polar surface area (TPSA) is 103 Å². The zero-order chi connectivity index (χ0) is 19.7. The summed E-state index contributed by atoms with van der Waals surface area (Å²) in [5, 5.41) is 17.5. The quantitative estimate of drug-likeness (QED) is 0.671. The van der Waals surface area contributed by atoms with Crippen LogP contribution >= 0.6 is 0 Å². The summed E-state index contributed by atoms with van der Waals surface area (Å²) in [6.07, 6.45) is -2.10. The Hall–Kier alpha value is -3.31. The van der Waals surface area contributed by atoms with Crippen LogP contribution < -0.4 is 0 Å².